The number of halogens is 2. The molecular weight excluding hydrogens is 393 g/mol. The number of anilines is 1. The Morgan fingerprint density at radius 2 is 2.29 bits per heavy atom. The van der Waals surface area contributed by atoms with Gasteiger partial charge in [0.25, 0.3) is 0 Å². The lowest BCUT2D eigenvalue weighted by Crippen LogP contribution is -2.35. The maximum Gasteiger partial charge on any atom is 0.154 e. The van der Waals surface area contributed by atoms with Crippen LogP contribution in [0.15, 0.2) is 34.5 Å². The van der Waals surface area contributed by atoms with Gasteiger partial charge < -0.3 is 10.6 Å². The first-order valence-corrected chi connectivity index (χ1v) is 9.36. The van der Waals surface area contributed by atoms with E-state index in [1.807, 2.05) is 12.1 Å². The van der Waals surface area contributed by atoms with Gasteiger partial charge in [0.2, 0.25) is 0 Å². The number of nitrogens with one attached hydrogen (secondary N) is 2. The molecular formula is C16H19BrFN5S. The molecule has 0 saturated carbocycles. The van der Waals surface area contributed by atoms with E-state index in [9.17, 15) is 4.39 Å². The molecule has 3 aromatic heterocycles. The molecule has 3 heterocycles. The van der Waals surface area contributed by atoms with Crippen molar-refractivity contribution in [3.05, 3.63) is 45.0 Å². The van der Waals surface area contributed by atoms with Crippen molar-refractivity contribution in [2.45, 2.75) is 32.1 Å². The molecule has 0 aliphatic carbocycles. The maximum atomic E-state index is 13.7. The summed E-state index contributed by atoms with van der Waals surface area (Å²) in [6.07, 6.45) is 1.15. The third-order valence-corrected chi connectivity index (χ3v) is 5.68. The Balaban J connectivity index is 1.88. The van der Waals surface area contributed by atoms with E-state index in [4.69, 9.17) is 0 Å². The van der Waals surface area contributed by atoms with Gasteiger partial charge in [0.15, 0.2) is 5.82 Å². The van der Waals surface area contributed by atoms with Crippen molar-refractivity contribution in [3.63, 3.8) is 0 Å². The van der Waals surface area contributed by atoms with E-state index in [1.165, 1.54) is 11.2 Å². The molecule has 2 N–H and O–H groups in total. The summed E-state index contributed by atoms with van der Waals surface area (Å²) < 4.78 is 16.3. The summed E-state index contributed by atoms with van der Waals surface area (Å²) in [6, 6.07) is 5.87. The van der Waals surface area contributed by atoms with Gasteiger partial charge in [-0.1, -0.05) is 6.07 Å². The standard InChI is InChI=1S/C16H19BrFN5S/c1-10(18)13(19-2)6-11-7-14-16(20-8-12-4-3-5-24-12)21-9-22-23(14)15(11)17/h3-5,7,9-10,13,19H,6,8H2,1-2H3,(H,20,21,22)/t10?,13-/m1/s1. The van der Waals surface area contributed by atoms with E-state index in [2.05, 4.69) is 48.1 Å². The molecule has 3 aromatic rings. The fraction of sp³-hybridized carbons (Fsp3) is 0.375. The van der Waals surface area contributed by atoms with Crippen molar-refractivity contribution in [2.75, 3.05) is 12.4 Å². The number of alkyl halides is 1. The molecule has 0 radical (unpaired) electrons. The van der Waals surface area contributed by atoms with E-state index in [0.717, 1.165) is 21.5 Å². The SMILES string of the molecule is CN[C@H](Cc1cc2c(NCc3cccs3)ncnn2c1Br)C(C)F. The number of fused-ring (bicyclic) bond motifs is 1. The average Bonchev–Trinajstić information content (AvgIpc) is 3.19. The monoisotopic (exact) mass is 411 g/mol. The van der Waals surface area contributed by atoms with Crippen LogP contribution in [0.2, 0.25) is 0 Å². The van der Waals surface area contributed by atoms with E-state index in [1.54, 1.807) is 29.8 Å². The van der Waals surface area contributed by atoms with Crippen LogP contribution in [-0.4, -0.2) is 33.9 Å². The lowest BCUT2D eigenvalue weighted by Gasteiger charge is -2.16. The van der Waals surface area contributed by atoms with Crippen molar-refractivity contribution in [3.8, 4) is 0 Å². The Morgan fingerprint density at radius 1 is 1.46 bits per heavy atom. The first-order chi connectivity index (χ1) is 11.6. The summed E-state index contributed by atoms with van der Waals surface area (Å²) in [5, 5.41) is 12.7. The maximum absolute atomic E-state index is 13.7. The highest BCUT2D eigenvalue weighted by molar-refractivity contribution is 9.10. The summed E-state index contributed by atoms with van der Waals surface area (Å²) in [4.78, 5) is 5.58. The summed E-state index contributed by atoms with van der Waals surface area (Å²) in [7, 11) is 1.78. The zero-order valence-electron chi connectivity index (χ0n) is 13.5. The van der Waals surface area contributed by atoms with E-state index < -0.39 is 6.17 Å². The molecule has 0 aliphatic heterocycles. The molecule has 1 unspecified atom stereocenters. The molecule has 3 rings (SSSR count). The second kappa shape index (κ2) is 7.58. The highest BCUT2D eigenvalue weighted by Crippen LogP contribution is 2.27. The van der Waals surface area contributed by atoms with Crippen LogP contribution in [0, 0.1) is 0 Å². The number of likely N-dealkylation sites (N-methyl/N-ethyl adjacent to an activating group) is 1. The Kier molecular flexibility index (Phi) is 5.47. The van der Waals surface area contributed by atoms with Crippen LogP contribution in [0.4, 0.5) is 10.2 Å². The molecule has 24 heavy (non-hydrogen) atoms. The van der Waals surface area contributed by atoms with Gasteiger partial charge in [-0.2, -0.15) is 5.10 Å². The summed E-state index contributed by atoms with van der Waals surface area (Å²) in [5.74, 6) is 0.764. The number of nitrogens with zero attached hydrogens (tertiary/aromatic N) is 3. The normalized spacial score (nSPS) is 14.0. The second-order valence-electron chi connectivity index (χ2n) is 5.58. The molecule has 0 bridgehead atoms. The van der Waals surface area contributed by atoms with Gasteiger partial charge in [0, 0.05) is 10.9 Å². The average molecular weight is 412 g/mol. The van der Waals surface area contributed by atoms with Gasteiger partial charge in [-0.15, -0.1) is 11.3 Å². The lowest BCUT2D eigenvalue weighted by molar-refractivity contribution is 0.277. The molecule has 8 heteroatoms. The Hall–Kier alpha value is -1.51. The molecule has 0 spiro atoms. The second-order valence-corrected chi connectivity index (χ2v) is 7.36. The predicted octanol–water partition coefficient (Wildman–Crippen LogP) is 3.65. The van der Waals surface area contributed by atoms with Crippen LogP contribution in [-0.2, 0) is 13.0 Å². The van der Waals surface area contributed by atoms with Gasteiger partial charge in [-0.25, -0.2) is 13.9 Å². The van der Waals surface area contributed by atoms with Crippen molar-refractivity contribution < 1.29 is 4.39 Å². The molecule has 0 aromatic carbocycles. The largest absolute Gasteiger partial charge is 0.363 e. The topological polar surface area (TPSA) is 54.2 Å². The highest BCUT2D eigenvalue weighted by atomic mass is 79.9. The zero-order valence-corrected chi connectivity index (χ0v) is 15.9. The summed E-state index contributed by atoms with van der Waals surface area (Å²) >= 11 is 5.28. The molecule has 0 saturated heterocycles. The third-order valence-electron chi connectivity index (χ3n) is 3.96. The minimum Gasteiger partial charge on any atom is -0.363 e. The lowest BCUT2D eigenvalue weighted by atomic mass is 10.1. The van der Waals surface area contributed by atoms with Crippen LogP contribution in [0.25, 0.3) is 5.52 Å². The first kappa shape index (κ1) is 17.3. The predicted molar refractivity (Wildman–Crippen MR) is 99.5 cm³/mol. The van der Waals surface area contributed by atoms with Gasteiger partial charge in [0.05, 0.1) is 6.54 Å². The quantitative estimate of drug-likeness (QED) is 0.622. The van der Waals surface area contributed by atoms with Gasteiger partial charge in [0.1, 0.15) is 22.6 Å². The number of hydrogen-bond donors (Lipinski definition) is 2. The minimum absolute atomic E-state index is 0.241. The van der Waals surface area contributed by atoms with Crippen LogP contribution >= 0.6 is 27.3 Å². The Labute approximate surface area is 152 Å². The Morgan fingerprint density at radius 3 is 2.96 bits per heavy atom. The highest BCUT2D eigenvalue weighted by Gasteiger charge is 2.20. The molecule has 0 fully saturated rings. The molecule has 128 valence electrons. The number of hydrogen-bond acceptors (Lipinski definition) is 5. The number of rotatable bonds is 7. The molecule has 0 aliphatic rings. The minimum atomic E-state index is -0.938. The molecule has 5 nitrogen and oxygen atoms in total. The van der Waals surface area contributed by atoms with Gasteiger partial charge in [-0.05, 0) is 59.4 Å². The summed E-state index contributed by atoms with van der Waals surface area (Å²) in [6.45, 7) is 2.28. The fourth-order valence-electron chi connectivity index (χ4n) is 2.60. The van der Waals surface area contributed by atoms with Crippen molar-refractivity contribution in [2.24, 2.45) is 0 Å². The van der Waals surface area contributed by atoms with Crippen molar-refractivity contribution >= 4 is 38.6 Å². The Bertz CT molecular complexity index is 802. The molecule has 2 atom stereocenters. The first-order valence-electron chi connectivity index (χ1n) is 7.69. The van der Waals surface area contributed by atoms with E-state index in [-0.39, 0.29) is 6.04 Å². The number of aromatic nitrogens is 3. The van der Waals surface area contributed by atoms with Gasteiger partial charge in [-0.3, -0.25) is 0 Å². The van der Waals surface area contributed by atoms with Crippen LogP contribution in [0.3, 0.4) is 0 Å². The third kappa shape index (κ3) is 3.60. The van der Waals surface area contributed by atoms with Crippen molar-refractivity contribution in [1.29, 1.82) is 0 Å². The van der Waals surface area contributed by atoms with Crippen LogP contribution < -0.4 is 10.6 Å². The fourth-order valence-corrected chi connectivity index (χ4v) is 3.81. The smallest absolute Gasteiger partial charge is 0.154 e. The zero-order chi connectivity index (χ0) is 17.1. The van der Waals surface area contributed by atoms with E-state index >= 15 is 0 Å². The molecule has 0 amide bonds. The van der Waals surface area contributed by atoms with E-state index in [0.29, 0.717) is 13.0 Å². The van der Waals surface area contributed by atoms with Crippen molar-refractivity contribution in [1.82, 2.24) is 19.9 Å². The van der Waals surface area contributed by atoms with Crippen LogP contribution in [0.1, 0.15) is 17.4 Å². The van der Waals surface area contributed by atoms with Gasteiger partial charge >= 0.3 is 0 Å². The summed E-state index contributed by atoms with van der Waals surface area (Å²) in [5.41, 5.74) is 1.87. The van der Waals surface area contributed by atoms with Crippen LogP contribution in [0.5, 0.6) is 0 Å². The number of thiophene rings is 1.